The fourth-order valence-electron chi connectivity index (χ4n) is 4.15. The van der Waals surface area contributed by atoms with Crippen molar-refractivity contribution in [2.24, 2.45) is 22.4 Å². The molecule has 1 amide bonds. The Morgan fingerprint density at radius 3 is 2.93 bits per heavy atom. The molecule has 0 aliphatic carbocycles. The summed E-state index contributed by atoms with van der Waals surface area (Å²) in [4.78, 5) is 26.1. The first-order valence-electron chi connectivity index (χ1n) is 10.5. The predicted octanol–water partition coefficient (Wildman–Crippen LogP) is 0.120. The first-order chi connectivity index (χ1) is 14.5. The average Bonchev–Trinajstić information content (AvgIpc) is 3.32. The number of aromatic amines is 1. The number of H-pyrrole nitrogens is 1. The van der Waals surface area contributed by atoms with Crippen LogP contribution in [0.15, 0.2) is 47.0 Å². The molecule has 7 N–H and O–H groups in total. The number of hydrogen-bond acceptors (Lipinski definition) is 3. The first kappa shape index (κ1) is 20.0. The maximum absolute atomic E-state index is 13.2. The van der Waals surface area contributed by atoms with Crippen molar-refractivity contribution >= 4 is 28.5 Å². The molecule has 2 aromatic rings. The van der Waals surface area contributed by atoms with E-state index in [1.54, 1.807) is 0 Å². The van der Waals surface area contributed by atoms with Crippen LogP contribution in [0.5, 0.6) is 0 Å². The molecule has 1 aromatic heterocycles. The molecule has 8 heteroatoms. The monoisotopic (exact) mass is 408 g/mol. The third kappa shape index (κ3) is 3.65. The van der Waals surface area contributed by atoms with Crippen LogP contribution in [0.2, 0.25) is 0 Å². The number of para-hydroxylation sites is 1. The van der Waals surface area contributed by atoms with E-state index in [1.807, 2.05) is 23.2 Å². The first-order valence-corrected chi connectivity index (χ1v) is 10.5. The van der Waals surface area contributed by atoms with Gasteiger partial charge in [-0.05, 0) is 18.4 Å². The highest BCUT2D eigenvalue weighted by atomic mass is 16.2. The van der Waals surface area contributed by atoms with Crippen molar-refractivity contribution in [3.05, 3.63) is 47.5 Å². The summed E-state index contributed by atoms with van der Waals surface area (Å²) in [5.41, 5.74) is 15.1. The van der Waals surface area contributed by atoms with Gasteiger partial charge in [0.1, 0.15) is 12.6 Å². The zero-order chi connectivity index (χ0) is 21.3. The van der Waals surface area contributed by atoms with Crippen LogP contribution in [0.3, 0.4) is 0 Å². The van der Waals surface area contributed by atoms with Crippen LogP contribution in [0.25, 0.3) is 10.9 Å². The van der Waals surface area contributed by atoms with Gasteiger partial charge in [-0.2, -0.15) is 0 Å². The van der Waals surface area contributed by atoms with Crippen molar-refractivity contribution in [2.75, 3.05) is 13.1 Å². The van der Waals surface area contributed by atoms with Crippen LogP contribution in [0, 0.1) is 5.92 Å². The molecule has 0 saturated carbocycles. The number of aliphatic imine (C=N–C) groups is 1. The number of carbonyl (C=O) groups is 1. The second-order valence-corrected chi connectivity index (χ2v) is 8.02. The predicted molar refractivity (Wildman–Crippen MR) is 118 cm³/mol. The summed E-state index contributed by atoms with van der Waals surface area (Å²) in [6.07, 6.45) is 4.47. The molecular formula is C22H30N7O+. The molecule has 1 fully saturated rings. The zero-order valence-corrected chi connectivity index (χ0v) is 17.5. The molecule has 3 heterocycles. The van der Waals surface area contributed by atoms with E-state index in [-0.39, 0.29) is 23.8 Å². The van der Waals surface area contributed by atoms with Gasteiger partial charge in [-0.3, -0.25) is 14.7 Å². The fraction of sp³-hybridized carbons (Fsp3) is 0.409. The maximum atomic E-state index is 13.2. The van der Waals surface area contributed by atoms with Gasteiger partial charge in [-0.25, -0.2) is 4.99 Å². The molecular weight excluding hydrogens is 378 g/mol. The lowest BCUT2D eigenvalue weighted by Crippen LogP contribution is -2.76. The van der Waals surface area contributed by atoms with Crippen LogP contribution < -0.4 is 21.8 Å². The molecule has 1 aromatic carbocycles. The topological polar surface area (TPSA) is 126 Å². The average molecular weight is 409 g/mol. The van der Waals surface area contributed by atoms with Crippen LogP contribution in [0.4, 0.5) is 0 Å². The van der Waals surface area contributed by atoms with Crippen molar-refractivity contribution in [1.82, 2.24) is 15.2 Å². The number of rotatable bonds is 7. The molecule has 0 bridgehead atoms. The number of nitrogens with two attached hydrogens (primary N) is 2. The minimum absolute atomic E-state index is 0.0999. The minimum atomic E-state index is -0.193. The lowest BCUT2D eigenvalue weighted by atomic mass is 9.99. The van der Waals surface area contributed by atoms with Crippen LogP contribution in [-0.4, -0.2) is 46.6 Å². The number of allylic oxidation sites excluding steroid dienone is 1. The van der Waals surface area contributed by atoms with Gasteiger partial charge in [0.15, 0.2) is 11.8 Å². The lowest BCUT2D eigenvalue weighted by molar-refractivity contribution is -0.407. The highest BCUT2D eigenvalue weighted by molar-refractivity contribution is 6.10. The number of carbonyl (C=O) groups excluding carboxylic acids is 1. The quantitative estimate of drug-likeness (QED) is 0.253. The highest BCUT2D eigenvalue weighted by Crippen LogP contribution is 2.26. The Kier molecular flexibility index (Phi) is 5.48. The number of benzene rings is 1. The van der Waals surface area contributed by atoms with Crippen molar-refractivity contribution in [2.45, 2.75) is 39.2 Å². The molecule has 2 atom stereocenters. The molecule has 2 aliphatic heterocycles. The summed E-state index contributed by atoms with van der Waals surface area (Å²) in [6.45, 7) is 5.30. The zero-order valence-electron chi connectivity index (χ0n) is 17.5. The number of hydrogen-bond donors (Lipinski definition) is 5. The summed E-state index contributed by atoms with van der Waals surface area (Å²) in [5.74, 6) is 1.39. The largest absolute Gasteiger partial charge is 0.370 e. The van der Waals surface area contributed by atoms with Crippen molar-refractivity contribution in [3.8, 4) is 0 Å². The Labute approximate surface area is 176 Å². The Balaban J connectivity index is 1.68. The molecule has 4 rings (SSSR count). The summed E-state index contributed by atoms with van der Waals surface area (Å²) in [7, 11) is 0. The number of aromatic nitrogens is 1. The van der Waals surface area contributed by atoms with Crippen LogP contribution in [0.1, 0.15) is 38.7 Å². The van der Waals surface area contributed by atoms with E-state index in [0.29, 0.717) is 13.1 Å². The molecule has 0 spiro atoms. The van der Waals surface area contributed by atoms with Crippen molar-refractivity contribution < 1.29 is 9.79 Å². The van der Waals surface area contributed by atoms with Gasteiger partial charge in [0.2, 0.25) is 11.4 Å². The van der Waals surface area contributed by atoms with E-state index < -0.39 is 0 Å². The number of nitrogens with zero attached hydrogens (tertiary/aromatic N) is 2. The van der Waals surface area contributed by atoms with Crippen molar-refractivity contribution in [1.29, 1.82) is 0 Å². The Morgan fingerprint density at radius 1 is 1.37 bits per heavy atom. The number of guanidine groups is 1. The number of fused-ring (bicyclic) bond motifs is 2. The van der Waals surface area contributed by atoms with Gasteiger partial charge in [0.25, 0.3) is 5.91 Å². The molecule has 8 nitrogen and oxygen atoms in total. The van der Waals surface area contributed by atoms with Gasteiger partial charge >= 0.3 is 0 Å². The second-order valence-electron chi connectivity index (χ2n) is 8.02. The number of amides is 1. The summed E-state index contributed by atoms with van der Waals surface area (Å²) >= 11 is 0. The third-order valence-corrected chi connectivity index (χ3v) is 6.00. The number of nitrogens with one attached hydrogen (secondary N) is 3. The minimum Gasteiger partial charge on any atom is -0.370 e. The smallest absolute Gasteiger partial charge is 0.251 e. The SMILES string of the molecule is CC[C@@H](C)C1NC2=C(CCCN=C(N)N)[NH+]=C(c3c[nH]c4ccccc34)CN2C1=O. The standard InChI is InChI=1S/C22H29N7O/c1-3-13(2)19-21(30)29-12-18(15-11-26-16-8-5-4-7-14(15)16)27-17(20(29)28-19)9-6-10-25-22(23)24/h4-5,7-8,11,13,19,26,28H,3,6,9-10,12H2,1-2H3,(H4,23,24,25)/p+1/t13-,19?/m1/s1. The summed E-state index contributed by atoms with van der Waals surface area (Å²) in [5, 5.41) is 4.62. The third-order valence-electron chi connectivity index (χ3n) is 6.00. The fourth-order valence-corrected chi connectivity index (χ4v) is 4.15. The van der Waals surface area contributed by atoms with E-state index in [2.05, 4.69) is 46.3 Å². The Morgan fingerprint density at radius 2 is 2.17 bits per heavy atom. The van der Waals surface area contributed by atoms with Crippen molar-refractivity contribution in [3.63, 3.8) is 0 Å². The van der Waals surface area contributed by atoms with E-state index in [4.69, 9.17) is 11.5 Å². The molecule has 158 valence electrons. The summed E-state index contributed by atoms with van der Waals surface area (Å²) < 4.78 is 0. The van der Waals surface area contributed by atoms with E-state index in [9.17, 15) is 4.79 Å². The Bertz CT molecular complexity index is 1040. The second kappa shape index (κ2) is 8.22. The summed E-state index contributed by atoms with van der Waals surface area (Å²) in [6, 6.07) is 8.00. The van der Waals surface area contributed by atoms with Crippen LogP contribution in [-0.2, 0) is 4.79 Å². The molecule has 2 aliphatic rings. The Hall–Kier alpha value is -3.29. The van der Waals surface area contributed by atoms with Gasteiger partial charge in [0.05, 0.1) is 5.56 Å². The molecule has 1 saturated heterocycles. The molecule has 0 radical (unpaired) electrons. The van der Waals surface area contributed by atoms with Crippen LogP contribution >= 0.6 is 0 Å². The van der Waals surface area contributed by atoms with Gasteiger partial charge in [-0.1, -0.05) is 38.5 Å². The van der Waals surface area contributed by atoms with E-state index in [0.717, 1.165) is 53.0 Å². The van der Waals surface area contributed by atoms with E-state index >= 15 is 0 Å². The normalized spacial score (nSPS) is 19.5. The highest BCUT2D eigenvalue weighted by Gasteiger charge is 2.44. The maximum Gasteiger partial charge on any atom is 0.251 e. The van der Waals surface area contributed by atoms with E-state index in [1.165, 1.54) is 0 Å². The molecule has 30 heavy (non-hydrogen) atoms. The lowest BCUT2D eigenvalue weighted by Gasteiger charge is -2.20. The van der Waals surface area contributed by atoms with Gasteiger partial charge in [0, 0.05) is 30.1 Å². The molecule has 1 unspecified atom stereocenters. The van der Waals surface area contributed by atoms with Gasteiger partial charge in [-0.15, -0.1) is 0 Å². The van der Waals surface area contributed by atoms with Gasteiger partial charge < -0.3 is 21.8 Å².